The van der Waals surface area contributed by atoms with Gasteiger partial charge >= 0.3 is 6.09 Å². The van der Waals surface area contributed by atoms with Gasteiger partial charge in [-0.05, 0) is 39.5 Å². The first-order chi connectivity index (χ1) is 11.0. The van der Waals surface area contributed by atoms with Gasteiger partial charge in [-0.1, -0.05) is 11.6 Å². The van der Waals surface area contributed by atoms with Crippen LogP contribution in [-0.4, -0.2) is 48.8 Å². The first kappa shape index (κ1) is 19.5. The van der Waals surface area contributed by atoms with Gasteiger partial charge in [-0.15, -0.1) is 11.3 Å². The minimum absolute atomic E-state index is 0.0552. The molecule has 1 aromatic heterocycles. The largest absolute Gasteiger partial charge is 0.444 e. The molecule has 1 amide bonds. The molecule has 24 heavy (non-hydrogen) atoms. The number of hydrogen-bond donors (Lipinski definition) is 0. The van der Waals surface area contributed by atoms with Crippen LogP contribution in [0.3, 0.4) is 0 Å². The number of piperidine rings is 1. The molecule has 1 saturated heterocycles. The summed E-state index contributed by atoms with van der Waals surface area (Å²) in [5, 5.41) is 0. The number of thiazole rings is 1. The number of carbonyl (C=O) groups is 1. The molecule has 0 radical (unpaired) electrons. The van der Waals surface area contributed by atoms with E-state index < -0.39 is 15.4 Å². The summed E-state index contributed by atoms with van der Waals surface area (Å²) in [6, 6.07) is 0. The number of rotatable bonds is 4. The van der Waals surface area contributed by atoms with Crippen LogP contribution >= 0.6 is 22.9 Å². The van der Waals surface area contributed by atoms with Gasteiger partial charge in [0, 0.05) is 24.2 Å². The number of hydrogen-bond acceptors (Lipinski definition) is 6. The Morgan fingerprint density at radius 1 is 1.50 bits per heavy atom. The number of ether oxygens (including phenoxy) is 1. The Morgan fingerprint density at radius 2 is 2.21 bits per heavy atom. The topological polar surface area (TPSA) is 76.6 Å². The number of sulfone groups is 1. The van der Waals surface area contributed by atoms with Crippen molar-refractivity contribution in [3.63, 3.8) is 0 Å². The third-order valence-corrected chi connectivity index (χ3v) is 6.58. The molecule has 1 atom stereocenters. The van der Waals surface area contributed by atoms with Crippen molar-refractivity contribution in [3.05, 3.63) is 15.5 Å². The third kappa shape index (κ3) is 6.22. The Balaban J connectivity index is 1.93. The Hall–Kier alpha value is -0.860. The summed E-state index contributed by atoms with van der Waals surface area (Å²) in [6.07, 6.45) is 2.70. The highest BCUT2D eigenvalue weighted by Gasteiger charge is 2.30. The van der Waals surface area contributed by atoms with Gasteiger partial charge in [0.15, 0.2) is 14.3 Å². The molecule has 136 valence electrons. The zero-order valence-electron chi connectivity index (χ0n) is 14.1. The Kier molecular flexibility index (Phi) is 6.14. The highest BCUT2D eigenvalue weighted by atomic mass is 35.5. The van der Waals surface area contributed by atoms with Crippen molar-refractivity contribution in [3.8, 4) is 0 Å². The normalized spacial score (nSPS) is 19.3. The van der Waals surface area contributed by atoms with Crippen molar-refractivity contribution >= 4 is 38.9 Å². The molecule has 0 N–H and O–H groups in total. The molecule has 1 unspecified atom stereocenters. The molecule has 1 aromatic rings. The van der Waals surface area contributed by atoms with Crippen molar-refractivity contribution in [2.75, 3.05) is 18.8 Å². The quantitative estimate of drug-likeness (QED) is 0.782. The average molecular weight is 395 g/mol. The molecule has 2 heterocycles. The van der Waals surface area contributed by atoms with Crippen LogP contribution in [0.15, 0.2) is 6.20 Å². The lowest BCUT2D eigenvalue weighted by atomic mass is 10.0. The van der Waals surface area contributed by atoms with Gasteiger partial charge in [-0.2, -0.15) is 0 Å². The molecule has 0 aromatic carbocycles. The van der Waals surface area contributed by atoms with E-state index in [1.807, 2.05) is 20.8 Å². The van der Waals surface area contributed by atoms with Gasteiger partial charge in [0.2, 0.25) is 0 Å². The molecule has 1 aliphatic heterocycles. The minimum atomic E-state index is -3.27. The molecule has 9 heteroatoms. The summed E-state index contributed by atoms with van der Waals surface area (Å²) >= 11 is 6.92. The monoisotopic (exact) mass is 394 g/mol. The second kappa shape index (κ2) is 7.58. The maximum Gasteiger partial charge on any atom is 0.410 e. The van der Waals surface area contributed by atoms with E-state index in [4.69, 9.17) is 16.3 Å². The van der Waals surface area contributed by atoms with E-state index >= 15 is 0 Å². The molecule has 0 bridgehead atoms. The van der Waals surface area contributed by atoms with Crippen molar-refractivity contribution in [2.45, 2.75) is 45.0 Å². The van der Waals surface area contributed by atoms with Gasteiger partial charge in [0.25, 0.3) is 0 Å². The fraction of sp³-hybridized carbons (Fsp3) is 0.733. The fourth-order valence-electron chi connectivity index (χ4n) is 2.68. The van der Waals surface area contributed by atoms with Crippen LogP contribution in [0, 0.1) is 5.92 Å². The zero-order valence-corrected chi connectivity index (χ0v) is 16.5. The molecular weight excluding hydrogens is 372 g/mol. The summed E-state index contributed by atoms with van der Waals surface area (Å²) in [5.41, 5.74) is -0.554. The van der Waals surface area contributed by atoms with Gasteiger partial charge in [0.05, 0.1) is 11.5 Å². The fourth-order valence-corrected chi connectivity index (χ4v) is 5.84. The second-order valence-electron chi connectivity index (χ2n) is 7.07. The summed E-state index contributed by atoms with van der Waals surface area (Å²) in [7, 11) is -3.27. The van der Waals surface area contributed by atoms with E-state index in [0.717, 1.165) is 12.8 Å². The predicted octanol–water partition coefficient (Wildman–Crippen LogP) is 3.36. The molecule has 1 aliphatic rings. The maximum atomic E-state index is 12.4. The third-order valence-electron chi connectivity index (χ3n) is 3.55. The van der Waals surface area contributed by atoms with Gasteiger partial charge in [-0.25, -0.2) is 18.2 Å². The summed E-state index contributed by atoms with van der Waals surface area (Å²) in [5.74, 6) is -0.0676. The molecule has 1 fully saturated rings. The number of carbonyl (C=O) groups excluding carboxylic acids is 1. The van der Waals surface area contributed by atoms with Crippen LogP contribution in [0.25, 0.3) is 0 Å². The van der Waals surface area contributed by atoms with Crippen molar-refractivity contribution in [2.24, 2.45) is 5.92 Å². The highest BCUT2D eigenvalue weighted by Crippen LogP contribution is 2.24. The lowest BCUT2D eigenvalue weighted by molar-refractivity contribution is 0.0176. The van der Waals surface area contributed by atoms with Crippen LogP contribution in [0.4, 0.5) is 4.79 Å². The highest BCUT2D eigenvalue weighted by molar-refractivity contribution is 7.90. The number of aromatic nitrogens is 1. The summed E-state index contributed by atoms with van der Waals surface area (Å²) in [4.78, 5) is 18.3. The Labute approximate surface area is 152 Å². The zero-order chi connectivity index (χ0) is 18.0. The Morgan fingerprint density at radius 3 is 2.79 bits per heavy atom. The lowest BCUT2D eigenvalue weighted by Gasteiger charge is -2.34. The van der Waals surface area contributed by atoms with E-state index in [0.29, 0.717) is 22.4 Å². The number of likely N-dealkylation sites (tertiary alicyclic amines) is 1. The van der Waals surface area contributed by atoms with Crippen LogP contribution in [0.2, 0.25) is 4.47 Å². The van der Waals surface area contributed by atoms with Crippen LogP contribution < -0.4 is 0 Å². The first-order valence-electron chi connectivity index (χ1n) is 7.83. The van der Waals surface area contributed by atoms with Gasteiger partial charge in [0.1, 0.15) is 5.60 Å². The first-order valence-corrected chi connectivity index (χ1v) is 10.8. The van der Waals surface area contributed by atoms with E-state index in [9.17, 15) is 13.2 Å². The number of halogens is 1. The van der Waals surface area contributed by atoms with Crippen molar-refractivity contribution in [1.82, 2.24) is 9.88 Å². The van der Waals surface area contributed by atoms with E-state index in [-0.39, 0.29) is 23.5 Å². The number of nitrogens with zero attached hydrogens (tertiary/aromatic N) is 2. The standard InChI is InChI=1S/C15H23ClN2O4S2/c1-15(2,3)22-14(19)18-6-4-5-11(8-18)9-24(20,21)10-12-7-17-13(16)23-12/h7,11H,4-6,8-10H2,1-3H3. The lowest BCUT2D eigenvalue weighted by Crippen LogP contribution is -2.44. The summed E-state index contributed by atoms with van der Waals surface area (Å²) in [6.45, 7) is 6.47. The minimum Gasteiger partial charge on any atom is -0.444 e. The van der Waals surface area contributed by atoms with Crippen molar-refractivity contribution < 1.29 is 17.9 Å². The van der Waals surface area contributed by atoms with Gasteiger partial charge < -0.3 is 9.64 Å². The molecular formula is C15H23ClN2O4S2. The SMILES string of the molecule is CC(C)(C)OC(=O)N1CCCC(CS(=O)(=O)Cc2cnc(Cl)s2)C1. The van der Waals surface area contributed by atoms with E-state index in [1.165, 1.54) is 17.5 Å². The Bertz CT molecular complexity index is 682. The molecule has 6 nitrogen and oxygen atoms in total. The summed E-state index contributed by atoms with van der Waals surface area (Å²) < 4.78 is 30.5. The van der Waals surface area contributed by atoms with E-state index in [2.05, 4.69) is 4.98 Å². The smallest absolute Gasteiger partial charge is 0.410 e. The molecule has 0 aliphatic carbocycles. The molecule has 2 rings (SSSR count). The van der Waals surface area contributed by atoms with Crippen LogP contribution in [0.5, 0.6) is 0 Å². The maximum absolute atomic E-state index is 12.4. The van der Waals surface area contributed by atoms with Gasteiger partial charge in [-0.3, -0.25) is 0 Å². The van der Waals surface area contributed by atoms with E-state index in [1.54, 1.807) is 4.90 Å². The molecule has 0 spiro atoms. The second-order valence-corrected chi connectivity index (χ2v) is 10.9. The average Bonchev–Trinajstić information content (AvgIpc) is 2.81. The molecule has 0 saturated carbocycles. The van der Waals surface area contributed by atoms with Crippen molar-refractivity contribution in [1.29, 1.82) is 0 Å². The predicted molar refractivity (Wildman–Crippen MR) is 95.1 cm³/mol. The van der Waals surface area contributed by atoms with Crippen LogP contribution in [-0.2, 0) is 20.3 Å². The number of amides is 1. The van der Waals surface area contributed by atoms with Crippen LogP contribution in [0.1, 0.15) is 38.5 Å².